The Kier molecular flexibility index (Phi) is 16.6. The van der Waals surface area contributed by atoms with Gasteiger partial charge in [-0.15, -0.1) is 6.58 Å². The predicted molar refractivity (Wildman–Crippen MR) is 159 cm³/mol. The summed E-state index contributed by atoms with van der Waals surface area (Å²) in [5, 5.41) is 0. The molecule has 0 radical (unpaired) electrons. The lowest BCUT2D eigenvalue weighted by Gasteiger charge is -2.48. The van der Waals surface area contributed by atoms with Gasteiger partial charge in [-0.25, -0.2) is 0 Å². The van der Waals surface area contributed by atoms with Crippen LogP contribution in [0.1, 0.15) is 61.3 Å². The molecule has 2 rings (SSSR count). The quantitative estimate of drug-likeness (QED) is 0.0928. The molecule has 18 nitrogen and oxygen atoms in total. The number of allylic oxidation sites excluding steroid dienone is 1. The molecular weight excluding hydrogens is 660 g/mol. The first-order valence-electron chi connectivity index (χ1n) is 15.4. The summed E-state index contributed by atoms with van der Waals surface area (Å²) in [5.74, 6) is -5.76. The largest absolute Gasteiger partial charge is 0.463 e. The number of unbranched alkanes of at least 4 members (excludes halogenated alkanes) is 1. The van der Waals surface area contributed by atoms with E-state index in [4.69, 9.17) is 52.1 Å². The summed E-state index contributed by atoms with van der Waals surface area (Å²) in [6.45, 7) is 10.2. The van der Waals surface area contributed by atoms with Crippen LogP contribution >= 0.6 is 0 Å². The molecule has 0 saturated carbocycles. The smallest absolute Gasteiger partial charge is 0.303 e. The second-order valence-electron chi connectivity index (χ2n) is 11.0. The first-order valence-corrected chi connectivity index (χ1v) is 15.4. The predicted octanol–water partition coefficient (Wildman–Crippen LogP) is 0.589. The van der Waals surface area contributed by atoms with Crippen LogP contribution in [0.4, 0.5) is 0 Å². The molecule has 2 saturated heterocycles. The van der Waals surface area contributed by atoms with Gasteiger partial charge in [0, 0.05) is 48.5 Å². The normalized spacial score (nSPS) is 29.4. The van der Waals surface area contributed by atoms with Crippen molar-refractivity contribution in [1.29, 1.82) is 0 Å². The van der Waals surface area contributed by atoms with Crippen molar-refractivity contribution in [3.8, 4) is 0 Å². The van der Waals surface area contributed by atoms with Gasteiger partial charge in [-0.3, -0.25) is 33.6 Å². The van der Waals surface area contributed by atoms with Crippen molar-refractivity contribution in [2.75, 3.05) is 19.8 Å². The Morgan fingerprint density at radius 3 is 1.37 bits per heavy atom. The van der Waals surface area contributed by atoms with Crippen LogP contribution in [0.25, 0.3) is 0 Å². The molecule has 2 heterocycles. The van der Waals surface area contributed by atoms with Gasteiger partial charge in [0.15, 0.2) is 43.1 Å². The van der Waals surface area contributed by atoms with Gasteiger partial charge < -0.3 is 52.1 Å². The maximum atomic E-state index is 12.4. The van der Waals surface area contributed by atoms with Gasteiger partial charge >= 0.3 is 41.8 Å². The van der Waals surface area contributed by atoms with Crippen LogP contribution in [-0.2, 0) is 85.7 Å². The second-order valence-corrected chi connectivity index (χ2v) is 11.0. The number of esters is 7. The number of hydrogen-bond acceptors (Lipinski definition) is 18. The van der Waals surface area contributed by atoms with Crippen LogP contribution in [0.3, 0.4) is 0 Å². The number of ether oxygens (including phenoxy) is 11. The van der Waals surface area contributed by atoms with Gasteiger partial charge in [0.1, 0.15) is 31.5 Å². The maximum Gasteiger partial charge on any atom is 0.303 e. The number of rotatable bonds is 16. The molecule has 0 bridgehead atoms. The molecule has 0 amide bonds. The van der Waals surface area contributed by atoms with E-state index in [-0.39, 0.29) is 6.61 Å². The van der Waals surface area contributed by atoms with E-state index in [9.17, 15) is 33.6 Å². The van der Waals surface area contributed by atoms with Crippen molar-refractivity contribution in [2.45, 2.75) is 123 Å². The summed E-state index contributed by atoms with van der Waals surface area (Å²) >= 11 is 0. The summed E-state index contributed by atoms with van der Waals surface area (Å²) < 4.78 is 61.9. The standard InChI is InChI=1S/C31H44O18/c1-9-10-11-12-39-30-28(45-20(7)37)27(44-19(6)36)25(23(47-30)14-41-16(3)33)49-31-29(46-21(8)38)26(43-18(5)35)24(42-17(4)34)22(48-31)13-40-15(2)32/h9,22-31H,1,10-14H2,2-8H3/t22?,23?,24-,25?,26?,27?,28?,29?,30?,31?/m0/s1. The lowest BCUT2D eigenvalue weighted by molar-refractivity contribution is -0.361. The van der Waals surface area contributed by atoms with Crippen molar-refractivity contribution in [3.05, 3.63) is 12.7 Å². The fourth-order valence-corrected chi connectivity index (χ4v) is 5.03. The Hall–Kier alpha value is -4.13. The monoisotopic (exact) mass is 704 g/mol. The number of carbonyl (C=O) groups excluding carboxylic acids is 7. The summed E-state index contributed by atoms with van der Waals surface area (Å²) in [5.41, 5.74) is 0. The van der Waals surface area contributed by atoms with Crippen LogP contribution < -0.4 is 0 Å². The minimum Gasteiger partial charge on any atom is -0.463 e. The van der Waals surface area contributed by atoms with E-state index in [1.807, 2.05) is 0 Å². The fraction of sp³-hybridized carbons (Fsp3) is 0.710. The Labute approximate surface area is 282 Å². The van der Waals surface area contributed by atoms with Crippen molar-refractivity contribution in [3.63, 3.8) is 0 Å². The van der Waals surface area contributed by atoms with Crippen molar-refractivity contribution in [2.24, 2.45) is 0 Å². The Balaban J connectivity index is 2.70. The molecule has 0 aromatic carbocycles. The molecule has 0 N–H and O–H groups in total. The summed E-state index contributed by atoms with van der Waals surface area (Å²) in [6.07, 6.45) is -12.4. The highest BCUT2D eigenvalue weighted by molar-refractivity contribution is 5.69. The lowest BCUT2D eigenvalue weighted by Crippen LogP contribution is -2.67. The van der Waals surface area contributed by atoms with Crippen LogP contribution in [0.2, 0.25) is 0 Å². The third kappa shape index (κ3) is 13.4. The summed E-state index contributed by atoms with van der Waals surface area (Å²) in [7, 11) is 0. The third-order valence-electron chi connectivity index (χ3n) is 6.72. The van der Waals surface area contributed by atoms with E-state index in [0.717, 1.165) is 48.5 Å². The van der Waals surface area contributed by atoms with Crippen molar-refractivity contribution >= 4 is 41.8 Å². The minimum absolute atomic E-state index is 0.0900. The van der Waals surface area contributed by atoms with Gasteiger partial charge in [-0.1, -0.05) is 6.08 Å². The molecule has 49 heavy (non-hydrogen) atoms. The summed E-state index contributed by atoms with van der Waals surface area (Å²) in [6, 6.07) is 0. The first-order chi connectivity index (χ1) is 23.0. The molecule has 0 spiro atoms. The van der Waals surface area contributed by atoms with Crippen molar-refractivity contribution in [1.82, 2.24) is 0 Å². The van der Waals surface area contributed by atoms with Crippen LogP contribution in [-0.4, -0.2) is 123 Å². The van der Waals surface area contributed by atoms with Gasteiger partial charge in [0.25, 0.3) is 0 Å². The van der Waals surface area contributed by atoms with E-state index in [1.165, 1.54) is 0 Å². The highest BCUT2D eigenvalue weighted by Crippen LogP contribution is 2.35. The zero-order valence-corrected chi connectivity index (χ0v) is 28.4. The molecule has 2 fully saturated rings. The second kappa shape index (κ2) is 19.8. The molecule has 0 aromatic rings. The molecule has 18 heteroatoms. The third-order valence-corrected chi connectivity index (χ3v) is 6.72. The van der Waals surface area contributed by atoms with E-state index in [2.05, 4.69) is 6.58 Å². The summed E-state index contributed by atoms with van der Waals surface area (Å²) in [4.78, 5) is 85.0. The van der Waals surface area contributed by atoms with E-state index >= 15 is 0 Å². The SMILES string of the molecule is C=CCCCOC1OC(COC(C)=O)C(OC2OC(COC(C)=O)[C@H](OC(C)=O)C(OC(C)=O)C2OC(C)=O)C(OC(C)=O)C1OC(C)=O. The fourth-order valence-electron chi connectivity index (χ4n) is 5.03. The average molecular weight is 705 g/mol. The molecule has 9 unspecified atom stereocenters. The molecular formula is C31H44O18. The molecule has 0 aliphatic carbocycles. The first kappa shape index (κ1) is 41.0. The number of hydrogen-bond donors (Lipinski definition) is 0. The molecule has 2 aliphatic rings. The van der Waals surface area contributed by atoms with Gasteiger partial charge in [-0.2, -0.15) is 0 Å². The molecule has 10 atom stereocenters. The Morgan fingerprint density at radius 2 is 0.918 bits per heavy atom. The molecule has 276 valence electrons. The highest BCUT2D eigenvalue weighted by Gasteiger charge is 2.57. The van der Waals surface area contributed by atoms with Gasteiger partial charge in [0.05, 0.1) is 6.61 Å². The average Bonchev–Trinajstić information content (AvgIpc) is 2.97. The van der Waals surface area contributed by atoms with E-state index in [0.29, 0.717) is 12.8 Å². The topological polar surface area (TPSA) is 221 Å². The van der Waals surface area contributed by atoms with Gasteiger partial charge in [0.2, 0.25) is 0 Å². The Bertz CT molecular complexity index is 1200. The zero-order valence-electron chi connectivity index (χ0n) is 28.4. The van der Waals surface area contributed by atoms with Gasteiger partial charge in [-0.05, 0) is 12.8 Å². The molecule has 0 aromatic heterocycles. The van der Waals surface area contributed by atoms with Crippen LogP contribution in [0.5, 0.6) is 0 Å². The van der Waals surface area contributed by atoms with Crippen molar-refractivity contribution < 1.29 is 85.7 Å². The zero-order chi connectivity index (χ0) is 36.8. The van der Waals surface area contributed by atoms with Crippen LogP contribution in [0.15, 0.2) is 12.7 Å². The lowest BCUT2D eigenvalue weighted by atomic mass is 9.96. The van der Waals surface area contributed by atoms with E-state index < -0.39 is 116 Å². The van der Waals surface area contributed by atoms with Crippen LogP contribution in [0, 0.1) is 0 Å². The number of carbonyl (C=O) groups is 7. The van der Waals surface area contributed by atoms with E-state index in [1.54, 1.807) is 6.08 Å². The molecule has 2 aliphatic heterocycles. The maximum absolute atomic E-state index is 12.4. The minimum atomic E-state index is -1.77. The highest BCUT2D eigenvalue weighted by atomic mass is 16.8. The Morgan fingerprint density at radius 1 is 0.531 bits per heavy atom.